The third-order valence-electron chi connectivity index (χ3n) is 4.51. The summed E-state index contributed by atoms with van der Waals surface area (Å²) in [6.07, 6.45) is 3.99. The van der Waals surface area contributed by atoms with Crippen LogP contribution >= 0.6 is 15.9 Å². The van der Waals surface area contributed by atoms with Crippen LogP contribution in [0.1, 0.15) is 44.3 Å². The minimum atomic E-state index is -0.463. The van der Waals surface area contributed by atoms with Crippen LogP contribution in [0.15, 0.2) is 28.7 Å². The Balaban J connectivity index is 2.26. The first-order valence-corrected chi connectivity index (χ1v) is 7.55. The summed E-state index contributed by atoms with van der Waals surface area (Å²) in [5.74, 6) is 0.714. The summed E-state index contributed by atoms with van der Waals surface area (Å²) >= 11 is 3.53. The van der Waals surface area contributed by atoms with E-state index in [0.717, 1.165) is 22.9 Å². The molecule has 100 valence electrons. The standard InChI is InChI=1S/C15H22BrNO/c1-2-11-7-8-15(9-11,10-17)14(18)12-5-3-4-6-13(12)16/h3-6,11,14,18H,2,7-10,17H2,1H3. The molecule has 0 aromatic heterocycles. The van der Waals surface area contributed by atoms with E-state index in [0.29, 0.717) is 12.5 Å². The van der Waals surface area contributed by atoms with Crippen LogP contribution in [-0.2, 0) is 0 Å². The van der Waals surface area contributed by atoms with Crippen molar-refractivity contribution in [2.45, 2.75) is 38.7 Å². The second kappa shape index (κ2) is 5.72. The van der Waals surface area contributed by atoms with Gasteiger partial charge in [-0.25, -0.2) is 0 Å². The second-order valence-electron chi connectivity index (χ2n) is 5.51. The largest absolute Gasteiger partial charge is 0.388 e. The van der Waals surface area contributed by atoms with Crippen molar-refractivity contribution in [3.8, 4) is 0 Å². The van der Waals surface area contributed by atoms with Gasteiger partial charge < -0.3 is 10.8 Å². The number of hydrogen-bond acceptors (Lipinski definition) is 2. The van der Waals surface area contributed by atoms with Gasteiger partial charge in [0.1, 0.15) is 0 Å². The lowest BCUT2D eigenvalue weighted by Crippen LogP contribution is -2.34. The highest BCUT2D eigenvalue weighted by Crippen LogP contribution is 2.51. The summed E-state index contributed by atoms with van der Waals surface area (Å²) in [4.78, 5) is 0. The number of benzene rings is 1. The molecule has 0 radical (unpaired) electrons. The monoisotopic (exact) mass is 311 g/mol. The molecule has 0 spiro atoms. The highest BCUT2D eigenvalue weighted by atomic mass is 79.9. The molecule has 1 aliphatic rings. The lowest BCUT2D eigenvalue weighted by atomic mass is 9.76. The quantitative estimate of drug-likeness (QED) is 0.891. The first-order valence-electron chi connectivity index (χ1n) is 6.75. The van der Waals surface area contributed by atoms with Crippen molar-refractivity contribution in [2.24, 2.45) is 17.1 Å². The SMILES string of the molecule is CCC1CCC(CN)(C(O)c2ccccc2Br)C1. The van der Waals surface area contributed by atoms with Crippen molar-refractivity contribution in [2.75, 3.05) is 6.54 Å². The van der Waals surface area contributed by atoms with E-state index in [1.165, 1.54) is 12.8 Å². The summed E-state index contributed by atoms with van der Waals surface area (Å²) in [5.41, 5.74) is 6.84. The molecule has 3 heteroatoms. The maximum Gasteiger partial charge on any atom is 0.0869 e. The fourth-order valence-corrected chi connectivity index (χ4v) is 3.69. The number of aliphatic hydroxyl groups excluding tert-OH is 1. The van der Waals surface area contributed by atoms with Crippen molar-refractivity contribution in [1.29, 1.82) is 0 Å². The van der Waals surface area contributed by atoms with Gasteiger partial charge in [-0.1, -0.05) is 47.5 Å². The van der Waals surface area contributed by atoms with Gasteiger partial charge in [-0.05, 0) is 36.8 Å². The minimum Gasteiger partial charge on any atom is -0.388 e. The second-order valence-corrected chi connectivity index (χ2v) is 6.36. The zero-order valence-electron chi connectivity index (χ0n) is 10.9. The van der Waals surface area contributed by atoms with Crippen LogP contribution in [0.3, 0.4) is 0 Å². The molecule has 1 aromatic carbocycles. The topological polar surface area (TPSA) is 46.2 Å². The van der Waals surface area contributed by atoms with E-state index in [-0.39, 0.29) is 5.41 Å². The van der Waals surface area contributed by atoms with Gasteiger partial charge in [0, 0.05) is 16.4 Å². The van der Waals surface area contributed by atoms with Crippen LogP contribution in [0.5, 0.6) is 0 Å². The zero-order valence-corrected chi connectivity index (χ0v) is 12.5. The molecule has 0 bridgehead atoms. The lowest BCUT2D eigenvalue weighted by Gasteiger charge is -2.34. The van der Waals surface area contributed by atoms with E-state index in [4.69, 9.17) is 5.73 Å². The Morgan fingerprint density at radius 1 is 1.50 bits per heavy atom. The van der Waals surface area contributed by atoms with Crippen LogP contribution in [0.4, 0.5) is 0 Å². The Morgan fingerprint density at radius 3 is 2.78 bits per heavy atom. The van der Waals surface area contributed by atoms with Crippen molar-refractivity contribution in [3.05, 3.63) is 34.3 Å². The first kappa shape index (κ1) is 14.0. The number of nitrogens with two attached hydrogens (primary N) is 1. The molecular weight excluding hydrogens is 290 g/mol. The molecule has 18 heavy (non-hydrogen) atoms. The molecule has 0 amide bonds. The van der Waals surface area contributed by atoms with E-state index < -0.39 is 6.10 Å². The zero-order chi connectivity index (χ0) is 13.2. The smallest absolute Gasteiger partial charge is 0.0869 e. The molecule has 2 nitrogen and oxygen atoms in total. The molecule has 3 atom stereocenters. The van der Waals surface area contributed by atoms with Crippen LogP contribution in [-0.4, -0.2) is 11.7 Å². The van der Waals surface area contributed by atoms with Gasteiger partial charge in [0.05, 0.1) is 6.10 Å². The highest BCUT2D eigenvalue weighted by molar-refractivity contribution is 9.10. The summed E-state index contributed by atoms with van der Waals surface area (Å²) < 4.78 is 0.977. The van der Waals surface area contributed by atoms with E-state index in [2.05, 4.69) is 22.9 Å². The molecule has 3 N–H and O–H groups in total. The fraction of sp³-hybridized carbons (Fsp3) is 0.600. The Morgan fingerprint density at radius 2 is 2.22 bits per heavy atom. The summed E-state index contributed by atoms with van der Waals surface area (Å²) in [6.45, 7) is 2.79. The molecule has 0 heterocycles. The third-order valence-corrected chi connectivity index (χ3v) is 5.23. The maximum atomic E-state index is 10.8. The van der Waals surface area contributed by atoms with Gasteiger partial charge in [-0.15, -0.1) is 0 Å². The molecule has 0 saturated heterocycles. The van der Waals surface area contributed by atoms with Crippen molar-refractivity contribution >= 4 is 15.9 Å². The van der Waals surface area contributed by atoms with Crippen molar-refractivity contribution in [3.63, 3.8) is 0 Å². The molecule has 1 aliphatic carbocycles. The number of aliphatic hydroxyl groups is 1. The highest BCUT2D eigenvalue weighted by Gasteiger charge is 2.44. The predicted octanol–water partition coefficient (Wildman–Crippen LogP) is 3.64. The summed E-state index contributed by atoms with van der Waals surface area (Å²) in [5, 5.41) is 10.8. The normalized spacial score (nSPS) is 29.4. The van der Waals surface area contributed by atoms with Crippen molar-refractivity contribution < 1.29 is 5.11 Å². The third kappa shape index (κ3) is 2.49. The van der Waals surface area contributed by atoms with Gasteiger partial charge in [0.25, 0.3) is 0 Å². The lowest BCUT2D eigenvalue weighted by molar-refractivity contribution is 0.0296. The number of rotatable bonds is 4. The van der Waals surface area contributed by atoms with Crippen LogP contribution in [0.2, 0.25) is 0 Å². The van der Waals surface area contributed by atoms with Crippen LogP contribution in [0.25, 0.3) is 0 Å². The molecule has 1 fully saturated rings. The molecular formula is C15H22BrNO. The molecule has 0 aliphatic heterocycles. The average molecular weight is 312 g/mol. The van der Waals surface area contributed by atoms with E-state index in [9.17, 15) is 5.11 Å². The Bertz CT molecular complexity index is 409. The van der Waals surface area contributed by atoms with Gasteiger partial charge >= 0.3 is 0 Å². The number of halogens is 1. The Labute approximate surface area is 118 Å². The van der Waals surface area contributed by atoms with E-state index >= 15 is 0 Å². The van der Waals surface area contributed by atoms with Gasteiger partial charge in [-0.2, -0.15) is 0 Å². The van der Waals surface area contributed by atoms with Crippen LogP contribution < -0.4 is 5.73 Å². The molecule has 1 aromatic rings. The van der Waals surface area contributed by atoms with Gasteiger partial charge in [-0.3, -0.25) is 0 Å². The van der Waals surface area contributed by atoms with Crippen molar-refractivity contribution in [1.82, 2.24) is 0 Å². The minimum absolute atomic E-state index is 0.134. The van der Waals surface area contributed by atoms with Gasteiger partial charge in [0.15, 0.2) is 0 Å². The predicted molar refractivity (Wildman–Crippen MR) is 78.2 cm³/mol. The van der Waals surface area contributed by atoms with Crippen LogP contribution in [0, 0.1) is 11.3 Å². The van der Waals surface area contributed by atoms with Gasteiger partial charge in [0.2, 0.25) is 0 Å². The first-order chi connectivity index (χ1) is 8.63. The Kier molecular flexibility index (Phi) is 4.46. The maximum absolute atomic E-state index is 10.8. The molecule has 2 rings (SSSR count). The molecule has 1 saturated carbocycles. The average Bonchev–Trinajstić information content (AvgIpc) is 2.83. The van der Waals surface area contributed by atoms with E-state index in [1.807, 2.05) is 24.3 Å². The summed E-state index contributed by atoms with van der Waals surface area (Å²) in [7, 11) is 0. The fourth-order valence-electron chi connectivity index (χ4n) is 3.19. The van der Waals surface area contributed by atoms with E-state index in [1.54, 1.807) is 0 Å². The molecule has 3 unspecified atom stereocenters. The summed E-state index contributed by atoms with van der Waals surface area (Å²) in [6, 6.07) is 7.92. The number of hydrogen-bond donors (Lipinski definition) is 2. The Hall–Kier alpha value is -0.380.